The molecule has 0 fully saturated rings. The first-order valence-electron chi connectivity index (χ1n) is 7.74. The van der Waals surface area contributed by atoms with Crippen LogP contribution in [-0.2, 0) is 6.42 Å². The second-order valence-electron chi connectivity index (χ2n) is 5.65. The summed E-state index contributed by atoms with van der Waals surface area (Å²) in [5.74, 6) is 0.858. The van der Waals surface area contributed by atoms with E-state index in [1.54, 1.807) is 7.11 Å². The standard InChI is InChI=1S/C21H17NO/c1-23-18-12-10-15(11-13-18)21-19-8-4-2-6-16(19)14-17-7-3-5-9-20(17)22-21/h2-13H,14H2,1H3. The monoisotopic (exact) mass is 299 g/mol. The molecule has 23 heavy (non-hydrogen) atoms. The number of hydrogen-bond acceptors (Lipinski definition) is 2. The van der Waals surface area contributed by atoms with E-state index in [0.717, 1.165) is 29.1 Å². The van der Waals surface area contributed by atoms with Crippen molar-refractivity contribution in [1.29, 1.82) is 0 Å². The summed E-state index contributed by atoms with van der Waals surface area (Å²) < 4.78 is 5.27. The molecular formula is C21H17NO. The number of benzene rings is 3. The van der Waals surface area contributed by atoms with Gasteiger partial charge in [-0.3, -0.25) is 0 Å². The van der Waals surface area contributed by atoms with Gasteiger partial charge in [0.25, 0.3) is 0 Å². The summed E-state index contributed by atoms with van der Waals surface area (Å²) in [5.41, 5.74) is 6.96. The van der Waals surface area contributed by atoms with Crippen molar-refractivity contribution in [3.63, 3.8) is 0 Å². The van der Waals surface area contributed by atoms with Gasteiger partial charge in [0.05, 0.1) is 18.5 Å². The van der Waals surface area contributed by atoms with Gasteiger partial charge >= 0.3 is 0 Å². The third-order valence-electron chi connectivity index (χ3n) is 4.24. The van der Waals surface area contributed by atoms with Crippen LogP contribution in [0.25, 0.3) is 0 Å². The molecule has 0 aliphatic carbocycles. The Balaban J connectivity index is 1.93. The molecule has 112 valence electrons. The fourth-order valence-electron chi connectivity index (χ4n) is 3.03. The highest BCUT2D eigenvalue weighted by Crippen LogP contribution is 2.30. The van der Waals surface area contributed by atoms with Crippen LogP contribution in [0.1, 0.15) is 22.3 Å². The van der Waals surface area contributed by atoms with Gasteiger partial charge in [-0.2, -0.15) is 0 Å². The molecule has 2 nitrogen and oxygen atoms in total. The fraction of sp³-hybridized carbons (Fsp3) is 0.0952. The summed E-state index contributed by atoms with van der Waals surface area (Å²) >= 11 is 0. The molecule has 0 unspecified atom stereocenters. The van der Waals surface area contributed by atoms with E-state index in [2.05, 4.69) is 54.6 Å². The number of ether oxygens (including phenoxy) is 1. The second-order valence-corrected chi connectivity index (χ2v) is 5.65. The summed E-state index contributed by atoms with van der Waals surface area (Å²) in [7, 11) is 1.68. The van der Waals surface area contributed by atoms with Crippen LogP contribution in [0.5, 0.6) is 5.75 Å². The molecule has 0 atom stereocenters. The number of hydrogen-bond donors (Lipinski definition) is 0. The molecule has 3 aromatic rings. The zero-order valence-electron chi connectivity index (χ0n) is 13.0. The minimum atomic E-state index is 0.858. The van der Waals surface area contributed by atoms with Crippen molar-refractivity contribution in [2.45, 2.75) is 6.42 Å². The largest absolute Gasteiger partial charge is 0.497 e. The molecule has 0 bridgehead atoms. The SMILES string of the molecule is COc1ccc(C2=Nc3ccccc3Cc3ccccc32)cc1. The Kier molecular flexibility index (Phi) is 3.43. The maximum absolute atomic E-state index is 5.27. The Hall–Kier alpha value is -2.87. The molecule has 2 heteroatoms. The molecule has 0 saturated carbocycles. The molecule has 0 amide bonds. The summed E-state index contributed by atoms with van der Waals surface area (Å²) in [6.07, 6.45) is 0.912. The first-order chi connectivity index (χ1) is 11.3. The zero-order chi connectivity index (χ0) is 15.6. The van der Waals surface area contributed by atoms with E-state index in [4.69, 9.17) is 9.73 Å². The maximum atomic E-state index is 5.27. The minimum Gasteiger partial charge on any atom is -0.497 e. The Bertz CT molecular complexity index is 878. The van der Waals surface area contributed by atoms with Crippen LogP contribution < -0.4 is 4.74 Å². The molecule has 0 spiro atoms. The van der Waals surface area contributed by atoms with Crippen LogP contribution in [0, 0.1) is 0 Å². The first kappa shape index (κ1) is 13.8. The average Bonchev–Trinajstić information content (AvgIpc) is 2.78. The van der Waals surface area contributed by atoms with E-state index in [9.17, 15) is 0 Å². The highest BCUT2D eigenvalue weighted by molar-refractivity contribution is 6.15. The highest BCUT2D eigenvalue weighted by Gasteiger charge is 2.17. The number of fused-ring (bicyclic) bond motifs is 2. The van der Waals surface area contributed by atoms with Gasteiger partial charge in [0.2, 0.25) is 0 Å². The van der Waals surface area contributed by atoms with Gasteiger partial charge in [0.15, 0.2) is 0 Å². The molecule has 4 rings (SSSR count). The second kappa shape index (κ2) is 5.73. The van der Waals surface area contributed by atoms with Gasteiger partial charge in [-0.05, 0) is 41.5 Å². The van der Waals surface area contributed by atoms with Crippen LogP contribution >= 0.6 is 0 Å². The minimum absolute atomic E-state index is 0.858. The van der Waals surface area contributed by atoms with Crippen molar-refractivity contribution in [1.82, 2.24) is 0 Å². The van der Waals surface area contributed by atoms with Gasteiger partial charge in [0.1, 0.15) is 5.75 Å². The van der Waals surface area contributed by atoms with Gasteiger partial charge < -0.3 is 4.74 Å². The van der Waals surface area contributed by atoms with Gasteiger partial charge in [0, 0.05) is 17.5 Å². The predicted octanol–water partition coefficient (Wildman–Crippen LogP) is 4.77. The van der Waals surface area contributed by atoms with Crippen molar-refractivity contribution in [3.05, 3.63) is 95.1 Å². The van der Waals surface area contributed by atoms with Gasteiger partial charge in [-0.1, -0.05) is 42.5 Å². The number of aliphatic imine (C=N–C) groups is 1. The lowest BCUT2D eigenvalue weighted by molar-refractivity contribution is 0.415. The van der Waals surface area contributed by atoms with Crippen LogP contribution in [0.2, 0.25) is 0 Å². The van der Waals surface area contributed by atoms with E-state index in [-0.39, 0.29) is 0 Å². The van der Waals surface area contributed by atoms with Crippen molar-refractivity contribution >= 4 is 11.4 Å². The summed E-state index contributed by atoms with van der Waals surface area (Å²) in [5, 5.41) is 0. The number of nitrogens with zero attached hydrogens (tertiary/aromatic N) is 1. The van der Waals surface area contributed by atoms with Crippen LogP contribution in [0.15, 0.2) is 77.8 Å². The molecule has 1 aliphatic heterocycles. The quantitative estimate of drug-likeness (QED) is 0.522. The summed E-state index contributed by atoms with van der Waals surface area (Å²) in [4.78, 5) is 4.98. The van der Waals surface area contributed by atoms with Crippen LogP contribution in [0.4, 0.5) is 5.69 Å². The maximum Gasteiger partial charge on any atom is 0.118 e. The van der Waals surface area contributed by atoms with E-state index >= 15 is 0 Å². The van der Waals surface area contributed by atoms with Crippen molar-refractivity contribution < 1.29 is 4.74 Å². The van der Waals surface area contributed by atoms with Crippen LogP contribution in [0.3, 0.4) is 0 Å². The van der Waals surface area contributed by atoms with E-state index < -0.39 is 0 Å². The average molecular weight is 299 g/mol. The van der Waals surface area contributed by atoms with E-state index in [0.29, 0.717) is 0 Å². The predicted molar refractivity (Wildman–Crippen MR) is 94.0 cm³/mol. The number of rotatable bonds is 2. The van der Waals surface area contributed by atoms with E-state index in [1.165, 1.54) is 16.7 Å². The molecule has 0 radical (unpaired) electrons. The first-order valence-corrected chi connectivity index (χ1v) is 7.74. The molecule has 1 heterocycles. The Morgan fingerprint density at radius 2 is 1.48 bits per heavy atom. The van der Waals surface area contributed by atoms with Gasteiger partial charge in [-0.15, -0.1) is 0 Å². The lowest BCUT2D eigenvalue weighted by atomic mass is 9.95. The Morgan fingerprint density at radius 3 is 2.26 bits per heavy atom. The molecular weight excluding hydrogens is 282 g/mol. The van der Waals surface area contributed by atoms with Crippen molar-refractivity contribution in [2.75, 3.05) is 7.11 Å². The van der Waals surface area contributed by atoms with Gasteiger partial charge in [-0.25, -0.2) is 4.99 Å². The number of methoxy groups -OCH3 is 1. The smallest absolute Gasteiger partial charge is 0.118 e. The molecule has 3 aromatic carbocycles. The lowest BCUT2D eigenvalue weighted by Crippen LogP contribution is -2.05. The summed E-state index contributed by atoms with van der Waals surface area (Å²) in [6, 6.07) is 25.0. The lowest BCUT2D eigenvalue weighted by Gasteiger charge is -2.10. The highest BCUT2D eigenvalue weighted by atomic mass is 16.5. The van der Waals surface area contributed by atoms with Crippen LogP contribution in [-0.4, -0.2) is 12.8 Å². The van der Waals surface area contributed by atoms with Crippen molar-refractivity contribution in [3.8, 4) is 5.75 Å². The Labute approximate surface area is 136 Å². The molecule has 1 aliphatic rings. The number of para-hydroxylation sites is 1. The normalized spacial score (nSPS) is 12.7. The zero-order valence-corrected chi connectivity index (χ0v) is 13.0. The molecule has 0 aromatic heterocycles. The van der Waals surface area contributed by atoms with E-state index in [1.807, 2.05) is 18.2 Å². The third kappa shape index (κ3) is 2.53. The fourth-order valence-corrected chi connectivity index (χ4v) is 3.03. The topological polar surface area (TPSA) is 21.6 Å². The Morgan fingerprint density at radius 1 is 0.783 bits per heavy atom. The third-order valence-corrected chi connectivity index (χ3v) is 4.24. The molecule has 0 N–H and O–H groups in total. The summed E-state index contributed by atoms with van der Waals surface area (Å²) in [6.45, 7) is 0. The van der Waals surface area contributed by atoms with Crippen molar-refractivity contribution in [2.24, 2.45) is 4.99 Å². The molecule has 0 saturated heterocycles.